The van der Waals surface area contributed by atoms with E-state index in [2.05, 4.69) is 37.5 Å². The molecule has 1 aromatic rings. The minimum absolute atomic E-state index is 0.336. The van der Waals surface area contributed by atoms with Crippen molar-refractivity contribution in [2.45, 2.75) is 44.2 Å². The van der Waals surface area contributed by atoms with Gasteiger partial charge in [-0.3, -0.25) is 0 Å². The fourth-order valence-corrected chi connectivity index (χ4v) is 2.41. The molecule has 0 aromatic heterocycles. The van der Waals surface area contributed by atoms with E-state index in [1.165, 1.54) is 5.56 Å². The first-order chi connectivity index (χ1) is 10.5. The van der Waals surface area contributed by atoms with Crippen LogP contribution in [0.15, 0.2) is 49.6 Å². The topological polar surface area (TPSA) is 41.5 Å². The molecule has 1 atom stereocenters. The van der Waals surface area contributed by atoms with E-state index in [4.69, 9.17) is 4.74 Å². The quantitative estimate of drug-likeness (QED) is 0.615. The van der Waals surface area contributed by atoms with Crippen molar-refractivity contribution in [3.05, 3.63) is 55.1 Å². The molecule has 0 aliphatic heterocycles. The number of rotatable bonds is 11. The monoisotopic (exact) mass is 303 g/mol. The Morgan fingerprint density at radius 1 is 1.23 bits per heavy atom. The number of aryl methyl sites for hydroxylation is 1. The summed E-state index contributed by atoms with van der Waals surface area (Å²) in [5.41, 5.74) is 0.514. The minimum atomic E-state index is -0.780. The highest BCUT2D eigenvalue weighted by Gasteiger charge is 2.23. The average molecular weight is 303 g/mol. The molecule has 1 rings (SSSR count). The van der Waals surface area contributed by atoms with Gasteiger partial charge in [0.2, 0.25) is 0 Å². The molecule has 0 fully saturated rings. The Morgan fingerprint density at radius 2 is 1.82 bits per heavy atom. The van der Waals surface area contributed by atoms with Crippen LogP contribution in [-0.4, -0.2) is 30.4 Å². The van der Waals surface area contributed by atoms with Crippen molar-refractivity contribution in [3.8, 4) is 5.75 Å². The first-order valence-corrected chi connectivity index (χ1v) is 7.83. The highest BCUT2D eigenvalue weighted by atomic mass is 16.5. The Hall–Kier alpha value is -1.58. The Morgan fingerprint density at radius 3 is 2.32 bits per heavy atom. The molecular formula is C19H29NO2. The fourth-order valence-electron chi connectivity index (χ4n) is 2.41. The van der Waals surface area contributed by atoms with Crippen LogP contribution in [0.2, 0.25) is 0 Å². The van der Waals surface area contributed by atoms with Crippen LogP contribution in [0.5, 0.6) is 5.75 Å². The Balaban J connectivity index is 2.39. The smallest absolute Gasteiger partial charge is 0.118 e. The summed E-state index contributed by atoms with van der Waals surface area (Å²) < 4.78 is 5.16. The fraction of sp³-hybridized carbons (Fsp3) is 0.474. The van der Waals surface area contributed by atoms with Gasteiger partial charge in [0, 0.05) is 12.6 Å². The molecule has 0 bridgehead atoms. The number of methoxy groups -OCH3 is 1. The molecular weight excluding hydrogens is 274 g/mol. The second-order valence-electron chi connectivity index (χ2n) is 5.88. The number of hydrogen-bond donors (Lipinski definition) is 2. The predicted octanol–water partition coefficient (Wildman–Crippen LogP) is 3.49. The van der Waals surface area contributed by atoms with Gasteiger partial charge in [-0.05, 0) is 50.3 Å². The molecule has 0 saturated carbocycles. The van der Waals surface area contributed by atoms with E-state index in [1.807, 2.05) is 12.1 Å². The molecule has 2 N–H and O–H groups in total. The van der Waals surface area contributed by atoms with Gasteiger partial charge in [-0.15, -0.1) is 13.2 Å². The van der Waals surface area contributed by atoms with E-state index < -0.39 is 5.60 Å². The second kappa shape index (κ2) is 9.44. The van der Waals surface area contributed by atoms with E-state index in [1.54, 1.807) is 19.3 Å². The number of hydrogen-bond acceptors (Lipinski definition) is 3. The van der Waals surface area contributed by atoms with E-state index >= 15 is 0 Å². The zero-order chi connectivity index (χ0) is 16.4. The number of nitrogens with one attached hydrogen (secondary N) is 1. The maximum Gasteiger partial charge on any atom is 0.118 e. The van der Waals surface area contributed by atoms with Crippen molar-refractivity contribution in [2.24, 2.45) is 0 Å². The van der Waals surface area contributed by atoms with Crippen molar-refractivity contribution >= 4 is 0 Å². The molecule has 0 aliphatic carbocycles. The molecule has 122 valence electrons. The third-order valence-corrected chi connectivity index (χ3v) is 3.85. The van der Waals surface area contributed by atoms with Crippen molar-refractivity contribution < 1.29 is 9.84 Å². The van der Waals surface area contributed by atoms with E-state index in [0.717, 1.165) is 18.6 Å². The lowest BCUT2D eigenvalue weighted by Crippen LogP contribution is -2.43. The summed E-state index contributed by atoms with van der Waals surface area (Å²) in [6.07, 6.45) is 6.67. The summed E-state index contributed by atoms with van der Waals surface area (Å²) in [5.74, 6) is 0.883. The summed E-state index contributed by atoms with van der Waals surface area (Å²) in [6, 6.07) is 8.50. The first kappa shape index (κ1) is 18.5. The van der Waals surface area contributed by atoms with Crippen LogP contribution in [0.4, 0.5) is 0 Å². The van der Waals surface area contributed by atoms with E-state index in [-0.39, 0.29) is 0 Å². The molecule has 0 saturated heterocycles. The summed E-state index contributed by atoms with van der Waals surface area (Å²) in [5, 5.41) is 13.9. The Bertz CT molecular complexity index is 443. The molecule has 3 heteroatoms. The maximum atomic E-state index is 10.5. The van der Waals surface area contributed by atoms with Gasteiger partial charge in [0.15, 0.2) is 0 Å². The summed E-state index contributed by atoms with van der Waals surface area (Å²) in [4.78, 5) is 0. The van der Waals surface area contributed by atoms with Crippen LogP contribution in [0.25, 0.3) is 0 Å². The van der Waals surface area contributed by atoms with Gasteiger partial charge in [0.25, 0.3) is 0 Å². The summed E-state index contributed by atoms with van der Waals surface area (Å²) in [7, 11) is 1.68. The highest BCUT2D eigenvalue weighted by Crippen LogP contribution is 2.17. The summed E-state index contributed by atoms with van der Waals surface area (Å²) >= 11 is 0. The van der Waals surface area contributed by atoms with Gasteiger partial charge in [0.1, 0.15) is 5.75 Å². The largest absolute Gasteiger partial charge is 0.497 e. The zero-order valence-corrected chi connectivity index (χ0v) is 13.8. The highest BCUT2D eigenvalue weighted by molar-refractivity contribution is 5.27. The molecule has 0 heterocycles. The Labute approximate surface area is 134 Å². The SMILES string of the molecule is C=CCC(O)(CC=C)CN[C@H](C)CCc1ccc(OC)cc1. The van der Waals surface area contributed by atoms with E-state index in [0.29, 0.717) is 25.4 Å². The molecule has 0 aliphatic rings. The summed E-state index contributed by atoms with van der Waals surface area (Å²) in [6.45, 7) is 10.1. The van der Waals surface area contributed by atoms with E-state index in [9.17, 15) is 5.11 Å². The van der Waals surface area contributed by atoms with Crippen LogP contribution in [-0.2, 0) is 6.42 Å². The number of ether oxygens (including phenoxy) is 1. The average Bonchev–Trinajstić information content (AvgIpc) is 2.52. The molecule has 0 radical (unpaired) electrons. The minimum Gasteiger partial charge on any atom is -0.497 e. The Kier molecular flexibility index (Phi) is 7.92. The lowest BCUT2D eigenvalue weighted by atomic mass is 9.95. The molecule has 1 aromatic carbocycles. The van der Waals surface area contributed by atoms with Gasteiger partial charge in [-0.25, -0.2) is 0 Å². The van der Waals surface area contributed by atoms with Crippen LogP contribution in [0.1, 0.15) is 31.7 Å². The van der Waals surface area contributed by atoms with Crippen molar-refractivity contribution in [1.29, 1.82) is 0 Å². The third-order valence-electron chi connectivity index (χ3n) is 3.85. The van der Waals surface area contributed by atoms with Gasteiger partial charge in [-0.2, -0.15) is 0 Å². The number of aliphatic hydroxyl groups is 1. The lowest BCUT2D eigenvalue weighted by Gasteiger charge is -2.28. The van der Waals surface area contributed by atoms with Crippen LogP contribution >= 0.6 is 0 Å². The molecule has 22 heavy (non-hydrogen) atoms. The van der Waals surface area contributed by atoms with Crippen LogP contribution in [0.3, 0.4) is 0 Å². The maximum absolute atomic E-state index is 10.5. The second-order valence-corrected chi connectivity index (χ2v) is 5.88. The van der Waals surface area contributed by atoms with Gasteiger partial charge >= 0.3 is 0 Å². The number of benzene rings is 1. The normalized spacial score (nSPS) is 12.7. The molecule has 0 spiro atoms. The first-order valence-electron chi connectivity index (χ1n) is 7.83. The van der Waals surface area contributed by atoms with Crippen molar-refractivity contribution in [2.75, 3.05) is 13.7 Å². The predicted molar refractivity (Wildman–Crippen MR) is 93.4 cm³/mol. The molecule has 0 amide bonds. The zero-order valence-electron chi connectivity index (χ0n) is 13.8. The van der Waals surface area contributed by atoms with Gasteiger partial charge in [-0.1, -0.05) is 24.3 Å². The molecule has 0 unspecified atom stereocenters. The molecule has 3 nitrogen and oxygen atoms in total. The van der Waals surface area contributed by atoms with Crippen molar-refractivity contribution in [3.63, 3.8) is 0 Å². The third kappa shape index (κ3) is 6.46. The van der Waals surface area contributed by atoms with Gasteiger partial charge < -0.3 is 15.2 Å². The van der Waals surface area contributed by atoms with Gasteiger partial charge in [0.05, 0.1) is 12.7 Å². The lowest BCUT2D eigenvalue weighted by molar-refractivity contribution is 0.0437. The van der Waals surface area contributed by atoms with Crippen LogP contribution < -0.4 is 10.1 Å². The standard InChI is InChI=1S/C19H29NO2/c1-5-13-19(21,14-6-2)15-20-16(3)7-8-17-9-11-18(22-4)12-10-17/h5-6,9-12,16,20-21H,1-2,7-8,13-15H2,3-4H3/t16-/m1/s1. The van der Waals surface area contributed by atoms with Crippen LogP contribution in [0, 0.1) is 0 Å². The van der Waals surface area contributed by atoms with Crippen molar-refractivity contribution in [1.82, 2.24) is 5.32 Å².